The maximum Gasteiger partial charge on any atom is 0.264 e. The molecule has 0 unspecified atom stereocenters. The predicted molar refractivity (Wildman–Crippen MR) is 85.3 cm³/mol. The molecule has 2 aromatic carbocycles. The van der Waals surface area contributed by atoms with E-state index in [4.69, 9.17) is 4.84 Å². The molecule has 0 saturated carbocycles. The molecule has 1 N–H and O–H groups in total. The maximum atomic E-state index is 13.8. The largest absolute Gasteiger partial charge is 0.382 e. The van der Waals surface area contributed by atoms with Gasteiger partial charge in [0.15, 0.2) is 0 Å². The van der Waals surface area contributed by atoms with E-state index in [0.717, 1.165) is 12.1 Å². The number of oxime groups is 1. The zero-order chi connectivity index (χ0) is 18.0. The number of nitrogens with one attached hydrogen (secondary N) is 1. The third-order valence-electron chi connectivity index (χ3n) is 3.91. The van der Waals surface area contributed by atoms with Gasteiger partial charge in [0, 0.05) is 23.6 Å². The lowest BCUT2D eigenvalue weighted by atomic mass is 10.0. The number of nitrogens with zero attached hydrogens (tertiary/aromatic N) is 1. The van der Waals surface area contributed by atoms with Gasteiger partial charge in [0.25, 0.3) is 5.91 Å². The summed E-state index contributed by atoms with van der Waals surface area (Å²) in [5.74, 6) is -2.32. The first-order valence-corrected chi connectivity index (χ1v) is 7.68. The third kappa shape index (κ3) is 3.81. The van der Waals surface area contributed by atoms with Crippen molar-refractivity contribution in [2.45, 2.75) is 25.5 Å². The summed E-state index contributed by atoms with van der Waals surface area (Å²) in [5, 5.41) is 6.43. The summed E-state index contributed by atoms with van der Waals surface area (Å²) in [7, 11) is 0. The summed E-state index contributed by atoms with van der Waals surface area (Å²) < 4.78 is 40.0. The van der Waals surface area contributed by atoms with Gasteiger partial charge in [0.05, 0.1) is 11.8 Å². The van der Waals surface area contributed by atoms with Gasteiger partial charge in [-0.25, -0.2) is 13.2 Å². The summed E-state index contributed by atoms with van der Waals surface area (Å²) >= 11 is 0. The maximum absolute atomic E-state index is 13.8. The Balaban J connectivity index is 1.63. The summed E-state index contributed by atoms with van der Waals surface area (Å²) in [5.41, 5.74) is 1.16. The molecule has 0 fully saturated rings. The molecule has 1 aliphatic heterocycles. The SMILES string of the molecule is C[C@@H](NC(=O)[C@@H]1CC(c2cccc(F)c2)=NO1)c1ccc(F)cc1F. The Bertz CT molecular complexity index is 839. The molecule has 0 spiro atoms. The molecule has 0 aromatic heterocycles. The molecule has 2 aromatic rings. The van der Waals surface area contributed by atoms with Crippen molar-refractivity contribution in [3.63, 3.8) is 0 Å². The Labute approximate surface area is 142 Å². The summed E-state index contributed by atoms with van der Waals surface area (Å²) in [6.07, 6.45) is -0.710. The lowest BCUT2D eigenvalue weighted by Gasteiger charge is -2.17. The van der Waals surface area contributed by atoms with E-state index in [-0.39, 0.29) is 12.0 Å². The molecule has 0 saturated heterocycles. The molecule has 2 atom stereocenters. The first-order valence-electron chi connectivity index (χ1n) is 7.68. The topological polar surface area (TPSA) is 50.7 Å². The highest BCUT2D eigenvalue weighted by molar-refractivity contribution is 6.04. The van der Waals surface area contributed by atoms with E-state index < -0.39 is 35.5 Å². The lowest BCUT2D eigenvalue weighted by molar-refractivity contribution is -0.131. The van der Waals surface area contributed by atoms with Crippen LogP contribution in [0, 0.1) is 17.5 Å². The van der Waals surface area contributed by atoms with E-state index in [1.54, 1.807) is 19.1 Å². The molecule has 3 rings (SSSR count). The van der Waals surface area contributed by atoms with Crippen LogP contribution >= 0.6 is 0 Å². The normalized spacial score (nSPS) is 17.6. The van der Waals surface area contributed by atoms with Crippen molar-refractivity contribution < 1.29 is 22.8 Å². The Hall–Kier alpha value is -2.83. The van der Waals surface area contributed by atoms with Crippen molar-refractivity contribution in [2.24, 2.45) is 5.16 Å². The van der Waals surface area contributed by atoms with Crippen LogP contribution in [0.15, 0.2) is 47.6 Å². The predicted octanol–water partition coefficient (Wildman–Crippen LogP) is 3.47. The highest BCUT2D eigenvalue weighted by atomic mass is 19.1. The van der Waals surface area contributed by atoms with Crippen molar-refractivity contribution in [1.82, 2.24) is 5.32 Å². The third-order valence-corrected chi connectivity index (χ3v) is 3.91. The van der Waals surface area contributed by atoms with Crippen molar-refractivity contribution >= 4 is 11.6 Å². The molecule has 130 valence electrons. The highest BCUT2D eigenvalue weighted by Crippen LogP contribution is 2.21. The molecule has 0 bridgehead atoms. The summed E-state index contributed by atoms with van der Waals surface area (Å²) in [6.45, 7) is 1.58. The van der Waals surface area contributed by atoms with Gasteiger partial charge in [-0.05, 0) is 25.1 Å². The van der Waals surface area contributed by atoms with Crippen LogP contribution in [0.1, 0.15) is 30.5 Å². The molecular weight excluding hydrogens is 333 g/mol. The summed E-state index contributed by atoms with van der Waals surface area (Å²) in [6, 6.07) is 8.31. The lowest BCUT2D eigenvalue weighted by Crippen LogP contribution is -2.36. The molecule has 0 radical (unpaired) electrons. The number of hydrogen-bond donors (Lipinski definition) is 1. The van der Waals surface area contributed by atoms with Crippen molar-refractivity contribution in [3.8, 4) is 0 Å². The van der Waals surface area contributed by atoms with Gasteiger partial charge in [-0.2, -0.15) is 0 Å². The van der Waals surface area contributed by atoms with Crippen molar-refractivity contribution in [1.29, 1.82) is 0 Å². The fourth-order valence-electron chi connectivity index (χ4n) is 2.59. The van der Waals surface area contributed by atoms with E-state index in [9.17, 15) is 18.0 Å². The van der Waals surface area contributed by atoms with Crippen molar-refractivity contribution in [2.75, 3.05) is 0 Å². The number of carbonyl (C=O) groups is 1. The number of carbonyl (C=O) groups excluding carboxylic acids is 1. The van der Waals surface area contributed by atoms with Crippen LogP contribution in [-0.2, 0) is 9.63 Å². The van der Waals surface area contributed by atoms with Crippen LogP contribution in [0.4, 0.5) is 13.2 Å². The second-order valence-electron chi connectivity index (χ2n) is 5.74. The van der Waals surface area contributed by atoms with Gasteiger partial charge in [-0.15, -0.1) is 0 Å². The highest BCUT2D eigenvalue weighted by Gasteiger charge is 2.30. The van der Waals surface area contributed by atoms with Crippen LogP contribution in [0.2, 0.25) is 0 Å². The number of rotatable bonds is 4. The molecule has 25 heavy (non-hydrogen) atoms. The molecule has 1 aliphatic rings. The first-order chi connectivity index (χ1) is 11.9. The minimum atomic E-state index is -0.885. The van der Waals surface area contributed by atoms with Gasteiger partial charge < -0.3 is 10.2 Å². The summed E-state index contributed by atoms with van der Waals surface area (Å²) in [4.78, 5) is 17.4. The Morgan fingerprint density at radius 2 is 1.96 bits per heavy atom. The van der Waals surface area contributed by atoms with Gasteiger partial charge >= 0.3 is 0 Å². The Morgan fingerprint density at radius 1 is 1.20 bits per heavy atom. The number of amides is 1. The molecular formula is C18H15F3N2O2. The van der Waals surface area contributed by atoms with E-state index in [0.29, 0.717) is 11.3 Å². The average Bonchev–Trinajstić information content (AvgIpc) is 3.04. The minimum absolute atomic E-state index is 0.166. The van der Waals surface area contributed by atoms with Gasteiger partial charge in [0.2, 0.25) is 6.10 Å². The van der Waals surface area contributed by atoms with Crippen LogP contribution in [-0.4, -0.2) is 17.7 Å². The monoisotopic (exact) mass is 348 g/mol. The molecule has 1 heterocycles. The second kappa shape index (κ2) is 6.96. The fraction of sp³-hybridized carbons (Fsp3) is 0.222. The van der Waals surface area contributed by atoms with E-state index in [2.05, 4.69) is 10.5 Å². The first kappa shape index (κ1) is 17.0. The zero-order valence-electron chi connectivity index (χ0n) is 13.3. The van der Waals surface area contributed by atoms with E-state index in [1.807, 2.05) is 0 Å². The van der Waals surface area contributed by atoms with Gasteiger partial charge in [-0.1, -0.05) is 23.4 Å². The van der Waals surface area contributed by atoms with Gasteiger partial charge in [-0.3, -0.25) is 4.79 Å². The number of hydrogen-bond acceptors (Lipinski definition) is 3. The molecule has 4 nitrogen and oxygen atoms in total. The quantitative estimate of drug-likeness (QED) is 0.920. The zero-order valence-corrected chi connectivity index (χ0v) is 13.3. The van der Waals surface area contributed by atoms with Crippen LogP contribution in [0.3, 0.4) is 0 Å². The number of benzene rings is 2. The standard InChI is InChI=1S/C18H15F3N2O2/c1-10(14-6-5-13(20)8-15(14)21)22-18(24)17-9-16(23-25-17)11-3-2-4-12(19)7-11/h2-8,10,17H,9H2,1H3,(H,22,24)/t10-,17+/m1/s1. The Kier molecular flexibility index (Phi) is 4.74. The average molecular weight is 348 g/mol. The minimum Gasteiger partial charge on any atom is -0.382 e. The van der Waals surface area contributed by atoms with Crippen LogP contribution in [0.25, 0.3) is 0 Å². The smallest absolute Gasteiger partial charge is 0.264 e. The Morgan fingerprint density at radius 3 is 2.68 bits per heavy atom. The van der Waals surface area contributed by atoms with Crippen LogP contribution < -0.4 is 5.32 Å². The second-order valence-corrected chi connectivity index (χ2v) is 5.74. The molecule has 0 aliphatic carbocycles. The molecule has 7 heteroatoms. The number of halogens is 3. The fourth-order valence-corrected chi connectivity index (χ4v) is 2.59. The van der Waals surface area contributed by atoms with Crippen molar-refractivity contribution in [3.05, 3.63) is 71.0 Å². The van der Waals surface area contributed by atoms with E-state index >= 15 is 0 Å². The van der Waals surface area contributed by atoms with Gasteiger partial charge in [0.1, 0.15) is 17.5 Å². The van der Waals surface area contributed by atoms with Crippen LogP contribution in [0.5, 0.6) is 0 Å². The van der Waals surface area contributed by atoms with E-state index in [1.165, 1.54) is 18.2 Å². The molecule has 1 amide bonds.